The van der Waals surface area contributed by atoms with Gasteiger partial charge >= 0.3 is 11.3 Å². The van der Waals surface area contributed by atoms with Gasteiger partial charge in [0.2, 0.25) is 11.8 Å². The van der Waals surface area contributed by atoms with E-state index < -0.39 is 17.2 Å². The maximum absolute atomic E-state index is 12.5. The molecule has 2 aliphatic heterocycles. The van der Waals surface area contributed by atoms with Gasteiger partial charge in [0.15, 0.2) is 11.2 Å². The molecule has 1 aromatic heterocycles. The molecule has 0 bridgehead atoms. The minimum absolute atomic E-state index is 0.108. The summed E-state index contributed by atoms with van der Waals surface area (Å²) in [4.78, 5) is 52.6. The van der Waals surface area contributed by atoms with E-state index in [1.807, 2.05) is 23.1 Å². The summed E-state index contributed by atoms with van der Waals surface area (Å²) < 4.78 is 10.4. The number of likely N-dealkylation sites (tertiary alicyclic amines) is 1. The van der Waals surface area contributed by atoms with Crippen LogP contribution in [0.2, 0.25) is 0 Å². The summed E-state index contributed by atoms with van der Waals surface area (Å²) in [6, 6.07) is 11.0. The van der Waals surface area contributed by atoms with Crippen LogP contribution in [0.25, 0.3) is 11.2 Å². The highest BCUT2D eigenvalue weighted by Crippen LogP contribution is 2.34. The molecule has 3 heterocycles. The maximum atomic E-state index is 12.5. The van der Waals surface area contributed by atoms with Crippen molar-refractivity contribution >= 4 is 28.7 Å². The number of piperidine rings is 2. The number of fused-ring (bicyclic) bond motifs is 1. The van der Waals surface area contributed by atoms with Gasteiger partial charge in [-0.15, -0.1) is 0 Å². The average molecular weight is 492 g/mol. The number of benzene rings is 2. The Morgan fingerprint density at radius 3 is 2.58 bits per heavy atom. The summed E-state index contributed by atoms with van der Waals surface area (Å²) in [7, 11) is 0. The topological polar surface area (TPSA) is 127 Å². The van der Waals surface area contributed by atoms with E-state index in [9.17, 15) is 19.2 Å². The van der Waals surface area contributed by atoms with Gasteiger partial charge in [-0.2, -0.15) is 0 Å². The van der Waals surface area contributed by atoms with Crippen molar-refractivity contribution < 1.29 is 18.4 Å². The average Bonchev–Trinajstić information content (AvgIpc) is 2.88. The number of primary amides is 1. The monoisotopic (exact) mass is 491 g/mol. The number of hydrogen-bond donors (Lipinski definition) is 1. The molecule has 2 aliphatic rings. The van der Waals surface area contributed by atoms with E-state index in [4.69, 9.17) is 14.6 Å². The Balaban J connectivity index is 1.39. The standard InChI is InChI=1S/C27H29N3O6/c28-25(32)19-10-11-21-24(36-27(34)26(33)35-21)23(19)18-7-5-13-29(16-18)15-12-17-6-1-2-8-20(17)30-14-4-3-9-22(30)31/h1-2,6,8,10-11,18H,3-5,7,9,12-16H2,(H2,28,32). The van der Waals surface area contributed by atoms with Gasteiger partial charge in [0.05, 0.1) is 0 Å². The summed E-state index contributed by atoms with van der Waals surface area (Å²) in [6.45, 7) is 3.04. The van der Waals surface area contributed by atoms with E-state index in [1.165, 1.54) is 12.1 Å². The van der Waals surface area contributed by atoms with Crippen LogP contribution in [-0.2, 0) is 11.2 Å². The van der Waals surface area contributed by atoms with Crippen LogP contribution in [-0.4, -0.2) is 42.9 Å². The number of anilines is 1. The second kappa shape index (κ2) is 10.1. The summed E-state index contributed by atoms with van der Waals surface area (Å²) in [5, 5.41) is 0. The zero-order valence-corrected chi connectivity index (χ0v) is 20.0. The molecule has 9 nitrogen and oxygen atoms in total. The van der Waals surface area contributed by atoms with Crippen molar-refractivity contribution in [3.63, 3.8) is 0 Å². The first-order chi connectivity index (χ1) is 17.4. The van der Waals surface area contributed by atoms with Gasteiger partial charge in [0, 0.05) is 48.8 Å². The Bertz CT molecular complexity index is 1430. The number of nitrogens with two attached hydrogens (primary N) is 1. The lowest BCUT2D eigenvalue weighted by molar-refractivity contribution is -0.119. The van der Waals surface area contributed by atoms with Crippen LogP contribution >= 0.6 is 0 Å². The fourth-order valence-corrected chi connectivity index (χ4v) is 5.48. The van der Waals surface area contributed by atoms with Crippen molar-refractivity contribution in [1.29, 1.82) is 0 Å². The number of rotatable bonds is 6. The molecule has 9 heteroatoms. The second-order valence-corrected chi connectivity index (χ2v) is 9.52. The number of amides is 2. The minimum Gasteiger partial charge on any atom is -0.414 e. The summed E-state index contributed by atoms with van der Waals surface area (Å²) in [6.07, 6.45) is 4.97. The Labute approximate surface area is 207 Å². The van der Waals surface area contributed by atoms with Crippen LogP contribution in [0.1, 0.15) is 59.5 Å². The molecular weight excluding hydrogens is 462 g/mol. The molecule has 0 aliphatic carbocycles. The van der Waals surface area contributed by atoms with Crippen molar-refractivity contribution in [3.05, 3.63) is 73.9 Å². The highest BCUT2D eigenvalue weighted by molar-refractivity contribution is 5.98. The van der Waals surface area contributed by atoms with Gasteiger partial charge in [-0.05, 0) is 62.4 Å². The van der Waals surface area contributed by atoms with E-state index in [1.54, 1.807) is 0 Å². The summed E-state index contributed by atoms with van der Waals surface area (Å²) in [5.74, 6) is -0.576. The molecule has 1 unspecified atom stereocenters. The molecule has 1 atom stereocenters. The van der Waals surface area contributed by atoms with E-state index in [-0.39, 0.29) is 28.6 Å². The first-order valence-corrected chi connectivity index (χ1v) is 12.4. The second-order valence-electron chi connectivity index (χ2n) is 9.52. The van der Waals surface area contributed by atoms with Gasteiger partial charge in [0.25, 0.3) is 0 Å². The van der Waals surface area contributed by atoms with Crippen LogP contribution in [0.15, 0.2) is 54.8 Å². The molecule has 0 saturated carbocycles. The van der Waals surface area contributed by atoms with Crippen molar-refractivity contribution in [2.45, 2.75) is 44.4 Å². The zero-order valence-electron chi connectivity index (χ0n) is 20.0. The van der Waals surface area contributed by atoms with Gasteiger partial charge in [0.1, 0.15) is 0 Å². The van der Waals surface area contributed by atoms with Gasteiger partial charge in [-0.3, -0.25) is 9.59 Å². The lowest BCUT2D eigenvalue weighted by Crippen LogP contribution is -2.38. The largest absolute Gasteiger partial charge is 0.423 e. The first-order valence-electron chi connectivity index (χ1n) is 12.4. The SMILES string of the molecule is NC(=O)c1ccc2oc(=O)c(=O)oc2c1C1CCCN(CCc2ccccc2N2CCCCC2=O)C1. The molecular formula is C27H29N3O6. The van der Waals surface area contributed by atoms with Crippen LogP contribution in [0.3, 0.4) is 0 Å². The Hall–Kier alpha value is -3.72. The first kappa shape index (κ1) is 24.0. The van der Waals surface area contributed by atoms with E-state index in [0.29, 0.717) is 18.5 Å². The van der Waals surface area contributed by atoms with Crippen molar-refractivity contribution in [3.8, 4) is 0 Å². The predicted molar refractivity (Wildman–Crippen MR) is 134 cm³/mol. The number of hydrogen-bond acceptors (Lipinski definition) is 7. The highest BCUT2D eigenvalue weighted by Gasteiger charge is 2.29. The van der Waals surface area contributed by atoms with Crippen LogP contribution in [0, 0.1) is 0 Å². The van der Waals surface area contributed by atoms with Gasteiger partial charge < -0.3 is 24.4 Å². The molecule has 2 saturated heterocycles. The quantitative estimate of drug-likeness (QED) is 0.525. The summed E-state index contributed by atoms with van der Waals surface area (Å²) in [5.41, 5.74) is 6.58. The maximum Gasteiger partial charge on any atom is 0.423 e. The van der Waals surface area contributed by atoms with E-state index >= 15 is 0 Å². The molecule has 2 fully saturated rings. The van der Waals surface area contributed by atoms with Crippen molar-refractivity contribution in [2.75, 3.05) is 31.1 Å². The molecule has 3 aromatic rings. The lowest BCUT2D eigenvalue weighted by Gasteiger charge is -2.34. The Kier molecular flexibility index (Phi) is 6.73. The lowest BCUT2D eigenvalue weighted by atomic mass is 9.86. The van der Waals surface area contributed by atoms with E-state index in [0.717, 1.165) is 63.0 Å². The van der Waals surface area contributed by atoms with Crippen LogP contribution in [0.5, 0.6) is 0 Å². The number of nitrogens with zero attached hydrogens (tertiary/aromatic N) is 2. The molecule has 0 radical (unpaired) electrons. The van der Waals surface area contributed by atoms with E-state index in [2.05, 4.69) is 11.0 Å². The number of para-hydroxylation sites is 1. The van der Waals surface area contributed by atoms with Crippen molar-refractivity contribution in [2.24, 2.45) is 5.73 Å². The van der Waals surface area contributed by atoms with Gasteiger partial charge in [-0.25, -0.2) is 9.59 Å². The Morgan fingerprint density at radius 2 is 1.78 bits per heavy atom. The number of carbonyl (C=O) groups is 2. The normalized spacial score (nSPS) is 19.1. The fraction of sp³-hybridized carbons (Fsp3) is 0.407. The summed E-state index contributed by atoms with van der Waals surface area (Å²) >= 11 is 0. The molecule has 36 heavy (non-hydrogen) atoms. The third kappa shape index (κ3) is 4.70. The molecule has 5 rings (SSSR count). The molecule has 2 N–H and O–H groups in total. The third-order valence-corrected chi connectivity index (χ3v) is 7.21. The molecule has 0 spiro atoms. The third-order valence-electron chi connectivity index (χ3n) is 7.21. The fourth-order valence-electron chi connectivity index (χ4n) is 5.48. The van der Waals surface area contributed by atoms with Gasteiger partial charge in [-0.1, -0.05) is 18.2 Å². The Morgan fingerprint density at radius 1 is 0.972 bits per heavy atom. The van der Waals surface area contributed by atoms with Crippen LogP contribution in [0.4, 0.5) is 5.69 Å². The minimum atomic E-state index is -1.11. The smallest absolute Gasteiger partial charge is 0.414 e. The molecule has 188 valence electrons. The molecule has 2 aromatic carbocycles. The van der Waals surface area contributed by atoms with Crippen molar-refractivity contribution in [1.82, 2.24) is 4.90 Å². The van der Waals surface area contributed by atoms with Crippen LogP contribution < -0.4 is 21.9 Å². The zero-order chi connectivity index (χ0) is 25.2. The molecule has 2 amide bonds. The highest BCUT2D eigenvalue weighted by atomic mass is 16.5. The predicted octanol–water partition coefficient (Wildman–Crippen LogP) is 2.78. The number of carbonyl (C=O) groups excluding carboxylic acids is 2.